The highest BCUT2D eigenvalue weighted by Crippen LogP contribution is 2.33. The number of fused-ring (bicyclic) bond motifs is 1. The van der Waals surface area contributed by atoms with Crippen molar-refractivity contribution in [2.24, 2.45) is 0 Å². The second-order valence-electron chi connectivity index (χ2n) is 6.56. The van der Waals surface area contributed by atoms with Crippen LogP contribution in [0.15, 0.2) is 18.2 Å². The molecule has 8 nitrogen and oxygen atoms in total. The van der Waals surface area contributed by atoms with E-state index in [-0.39, 0.29) is 42.1 Å². The number of ketones is 1. The van der Waals surface area contributed by atoms with E-state index in [0.717, 1.165) is 17.7 Å². The first-order chi connectivity index (χ1) is 12.9. The van der Waals surface area contributed by atoms with Gasteiger partial charge in [0, 0.05) is 12.8 Å². The van der Waals surface area contributed by atoms with Crippen molar-refractivity contribution in [3.63, 3.8) is 0 Å². The van der Waals surface area contributed by atoms with Crippen LogP contribution in [0.3, 0.4) is 0 Å². The number of hydrogen-bond acceptors (Lipinski definition) is 6. The van der Waals surface area contributed by atoms with Crippen molar-refractivity contribution in [3.8, 4) is 5.75 Å². The van der Waals surface area contributed by atoms with E-state index < -0.39 is 29.7 Å². The van der Waals surface area contributed by atoms with Crippen LogP contribution in [0.2, 0.25) is 0 Å². The molecule has 1 aromatic carbocycles. The number of rotatable bonds is 7. The van der Waals surface area contributed by atoms with Crippen LogP contribution in [0, 0.1) is 0 Å². The monoisotopic (exact) mass is 372 g/mol. The minimum absolute atomic E-state index is 0.0514. The van der Waals surface area contributed by atoms with E-state index in [0.29, 0.717) is 6.42 Å². The molecule has 1 N–H and O–H groups in total. The Labute approximate surface area is 155 Å². The first-order valence-electron chi connectivity index (χ1n) is 8.93. The Morgan fingerprint density at radius 1 is 1.22 bits per heavy atom. The molecule has 4 amide bonds. The largest absolute Gasteiger partial charge is 0.485 e. The Kier molecular flexibility index (Phi) is 5.34. The SMILES string of the molecule is CCCCC(=O)COc1cccc2c1C(=O)N(C1CCC(=O)NC1=O)C2=O. The molecule has 0 bridgehead atoms. The molecule has 1 fully saturated rings. The molecule has 0 radical (unpaired) electrons. The molecule has 8 heteroatoms. The molecule has 0 spiro atoms. The number of carbonyl (C=O) groups is 5. The third-order valence-corrected chi connectivity index (χ3v) is 4.63. The maximum absolute atomic E-state index is 12.8. The van der Waals surface area contributed by atoms with Crippen LogP contribution >= 0.6 is 0 Å². The zero-order valence-corrected chi connectivity index (χ0v) is 14.9. The summed E-state index contributed by atoms with van der Waals surface area (Å²) in [5, 5.41) is 2.15. The summed E-state index contributed by atoms with van der Waals surface area (Å²) in [5.74, 6) is -2.30. The molecule has 142 valence electrons. The fourth-order valence-corrected chi connectivity index (χ4v) is 3.21. The number of unbranched alkanes of at least 4 members (excludes halogenated alkanes) is 1. The summed E-state index contributed by atoms with van der Waals surface area (Å²) in [6, 6.07) is 3.52. The van der Waals surface area contributed by atoms with Gasteiger partial charge in [-0.15, -0.1) is 0 Å². The molecule has 3 rings (SSSR count). The molecule has 1 atom stereocenters. The summed E-state index contributed by atoms with van der Waals surface area (Å²) < 4.78 is 5.50. The van der Waals surface area contributed by atoms with E-state index in [9.17, 15) is 24.0 Å². The van der Waals surface area contributed by atoms with E-state index >= 15 is 0 Å². The first kappa shape index (κ1) is 18.8. The standard InChI is InChI=1S/C19H20N2O6/c1-2-3-5-11(22)10-27-14-7-4-6-12-16(14)19(26)21(18(12)25)13-8-9-15(23)20-17(13)24/h4,6-7,13H,2-3,5,8-10H2,1H3,(H,20,23,24). The molecular formula is C19H20N2O6. The molecule has 0 aromatic heterocycles. The number of Topliss-reactive ketones (excluding diaryl/α,β-unsaturated/α-hetero) is 1. The van der Waals surface area contributed by atoms with E-state index in [2.05, 4.69) is 5.32 Å². The van der Waals surface area contributed by atoms with Gasteiger partial charge >= 0.3 is 0 Å². The number of nitrogens with zero attached hydrogens (tertiary/aromatic N) is 1. The number of carbonyl (C=O) groups excluding carboxylic acids is 5. The second-order valence-corrected chi connectivity index (χ2v) is 6.56. The molecule has 2 aliphatic heterocycles. The average Bonchev–Trinajstić information content (AvgIpc) is 2.90. The molecule has 1 unspecified atom stereocenters. The zero-order chi connectivity index (χ0) is 19.6. The van der Waals surface area contributed by atoms with Gasteiger partial charge in [-0.1, -0.05) is 19.4 Å². The van der Waals surface area contributed by atoms with Crippen molar-refractivity contribution in [2.45, 2.75) is 45.1 Å². The highest BCUT2D eigenvalue weighted by atomic mass is 16.5. The molecular weight excluding hydrogens is 352 g/mol. The number of benzene rings is 1. The Morgan fingerprint density at radius 2 is 2.00 bits per heavy atom. The van der Waals surface area contributed by atoms with Gasteiger partial charge in [0.25, 0.3) is 11.8 Å². The predicted molar refractivity (Wildman–Crippen MR) is 93.1 cm³/mol. The van der Waals surface area contributed by atoms with Gasteiger partial charge in [0.1, 0.15) is 18.4 Å². The Balaban J connectivity index is 1.81. The van der Waals surface area contributed by atoms with Crippen molar-refractivity contribution in [1.82, 2.24) is 10.2 Å². The van der Waals surface area contributed by atoms with Gasteiger partial charge in [-0.25, -0.2) is 0 Å². The smallest absolute Gasteiger partial charge is 0.266 e. The van der Waals surface area contributed by atoms with E-state index in [4.69, 9.17) is 4.74 Å². The van der Waals surface area contributed by atoms with Crippen LogP contribution in [-0.4, -0.2) is 47.0 Å². The number of ether oxygens (including phenoxy) is 1. The fraction of sp³-hybridized carbons (Fsp3) is 0.421. The number of nitrogens with one attached hydrogen (secondary N) is 1. The molecule has 2 aliphatic rings. The van der Waals surface area contributed by atoms with Crippen molar-refractivity contribution in [1.29, 1.82) is 0 Å². The average molecular weight is 372 g/mol. The summed E-state index contributed by atoms with van der Waals surface area (Å²) in [6.07, 6.45) is 2.18. The Hall–Kier alpha value is -3.03. The molecule has 0 aliphatic carbocycles. The number of amides is 4. The lowest BCUT2D eigenvalue weighted by molar-refractivity contribution is -0.136. The highest BCUT2D eigenvalue weighted by Gasteiger charge is 2.45. The predicted octanol–water partition coefficient (Wildman–Crippen LogP) is 1.23. The van der Waals surface area contributed by atoms with Crippen molar-refractivity contribution < 1.29 is 28.7 Å². The topological polar surface area (TPSA) is 110 Å². The molecule has 1 aromatic rings. The van der Waals surface area contributed by atoms with Crippen LogP contribution in [0.1, 0.15) is 59.7 Å². The summed E-state index contributed by atoms with van der Waals surface area (Å²) in [6.45, 7) is 1.79. The van der Waals surface area contributed by atoms with Gasteiger partial charge in [0.2, 0.25) is 11.8 Å². The first-order valence-corrected chi connectivity index (χ1v) is 8.93. The summed E-state index contributed by atoms with van der Waals surface area (Å²) in [5.41, 5.74) is 0.179. The Bertz CT molecular complexity index is 831. The van der Waals surface area contributed by atoms with E-state index in [1.54, 1.807) is 6.07 Å². The lowest BCUT2D eigenvalue weighted by atomic mass is 10.0. The van der Waals surface area contributed by atoms with Gasteiger partial charge < -0.3 is 4.74 Å². The lowest BCUT2D eigenvalue weighted by Crippen LogP contribution is -2.54. The maximum atomic E-state index is 12.8. The molecule has 27 heavy (non-hydrogen) atoms. The van der Waals surface area contributed by atoms with Gasteiger partial charge in [0.05, 0.1) is 11.1 Å². The van der Waals surface area contributed by atoms with Gasteiger partial charge in [-0.2, -0.15) is 0 Å². The van der Waals surface area contributed by atoms with Gasteiger partial charge in [-0.05, 0) is 25.0 Å². The van der Waals surface area contributed by atoms with Crippen LogP contribution in [0.5, 0.6) is 5.75 Å². The Morgan fingerprint density at radius 3 is 2.70 bits per heavy atom. The summed E-state index contributed by atoms with van der Waals surface area (Å²) in [4.78, 5) is 61.6. The van der Waals surface area contributed by atoms with Crippen LogP contribution in [-0.2, 0) is 14.4 Å². The third-order valence-electron chi connectivity index (χ3n) is 4.63. The van der Waals surface area contributed by atoms with Gasteiger partial charge in [-0.3, -0.25) is 34.2 Å². The molecule has 2 heterocycles. The quantitative estimate of drug-likeness (QED) is 0.721. The minimum Gasteiger partial charge on any atom is -0.485 e. The number of piperidine rings is 1. The summed E-state index contributed by atoms with van der Waals surface area (Å²) in [7, 11) is 0. The third kappa shape index (κ3) is 3.60. The normalized spacial score (nSPS) is 19.1. The number of imide groups is 2. The lowest BCUT2D eigenvalue weighted by Gasteiger charge is -2.27. The van der Waals surface area contributed by atoms with E-state index in [1.807, 2.05) is 6.92 Å². The van der Waals surface area contributed by atoms with Gasteiger partial charge in [0.15, 0.2) is 5.78 Å². The highest BCUT2D eigenvalue weighted by molar-refractivity contribution is 6.24. The van der Waals surface area contributed by atoms with Crippen LogP contribution in [0.4, 0.5) is 0 Å². The van der Waals surface area contributed by atoms with Crippen LogP contribution < -0.4 is 10.1 Å². The summed E-state index contributed by atoms with van der Waals surface area (Å²) >= 11 is 0. The van der Waals surface area contributed by atoms with Crippen LogP contribution in [0.25, 0.3) is 0 Å². The fourth-order valence-electron chi connectivity index (χ4n) is 3.21. The second kappa shape index (κ2) is 7.69. The van der Waals surface area contributed by atoms with Crippen molar-refractivity contribution >= 4 is 29.4 Å². The van der Waals surface area contributed by atoms with Crippen molar-refractivity contribution in [2.75, 3.05) is 6.61 Å². The molecule has 1 saturated heterocycles. The minimum atomic E-state index is -1.03. The zero-order valence-electron chi connectivity index (χ0n) is 14.9. The van der Waals surface area contributed by atoms with Crippen molar-refractivity contribution in [3.05, 3.63) is 29.3 Å². The maximum Gasteiger partial charge on any atom is 0.266 e. The number of hydrogen-bond donors (Lipinski definition) is 1. The molecule has 0 saturated carbocycles. The van der Waals surface area contributed by atoms with E-state index in [1.165, 1.54) is 12.1 Å².